The average molecular weight is 360 g/mol. The van der Waals surface area contributed by atoms with Crippen molar-refractivity contribution in [2.75, 3.05) is 47.8 Å². The van der Waals surface area contributed by atoms with Crippen molar-refractivity contribution in [1.82, 2.24) is 19.7 Å². The van der Waals surface area contributed by atoms with Gasteiger partial charge in [-0.05, 0) is 24.6 Å². The van der Waals surface area contributed by atoms with Gasteiger partial charge in [0.2, 0.25) is 5.91 Å². The number of thiophene rings is 1. The van der Waals surface area contributed by atoms with Crippen molar-refractivity contribution < 1.29 is 9.59 Å². The second-order valence-corrected chi connectivity index (χ2v) is 7.91. The Labute approximate surface area is 152 Å². The molecule has 0 bridgehead atoms. The molecule has 7 heteroatoms. The van der Waals surface area contributed by atoms with Crippen LogP contribution in [-0.4, -0.2) is 79.3 Å². The zero-order valence-corrected chi connectivity index (χ0v) is 16.0. The fourth-order valence-electron chi connectivity index (χ4n) is 3.26. The lowest BCUT2D eigenvalue weighted by atomic mass is 9.95. The maximum absolute atomic E-state index is 12.7. The first-order valence-electron chi connectivity index (χ1n) is 8.40. The van der Waals surface area contributed by atoms with E-state index in [0.29, 0.717) is 6.54 Å². The van der Waals surface area contributed by atoms with Crippen LogP contribution >= 0.6 is 11.3 Å². The van der Waals surface area contributed by atoms with Gasteiger partial charge in [-0.1, -0.05) is 6.07 Å². The summed E-state index contributed by atoms with van der Waals surface area (Å²) < 4.78 is 0. The standard InChI is InChI=1S/C18H24N4O2S/c1-20(2)14(23)11-22-9-7-12(10-22)15-13-6-5-8-19-17(13)25-16(15)18(24)21(3)4/h5-6,8,12H,7,9-11H2,1-4H3/t12-/m0/s1. The van der Waals surface area contributed by atoms with Crippen LogP contribution in [0.25, 0.3) is 10.2 Å². The smallest absolute Gasteiger partial charge is 0.263 e. The van der Waals surface area contributed by atoms with Crippen molar-refractivity contribution in [3.05, 3.63) is 28.8 Å². The summed E-state index contributed by atoms with van der Waals surface area (Å²) >= 11 is 1.47. The maximum Gasteiger partial charge on any atom is 0.263 e. The van der Waals surface area contributed by atoms with E-state index < -0.39 is 0 Å². The van der Waals surface area contributed by atoms with Gasteiger partial charge < -0.3 is 9.80 Å². The highest BCUT2D eigenvalue weighted by molar-refractivity contribution is 7.20. The van der Waals surface area contributed by atoms with E-state index in [1.165, 1.54) is 11.3 Å². The van der Waals surface area contributed by atoms with Gasteiger partial charge in [-0.25, -0.2) is 4.98 Å². The number of fused-ring (bicyclic) bond motifs is 1. The molecule has 0 aliphatic carbocycles. The summed E-state index contributed by atoms with van der Waals surface area (Å²) in [6, 6.07) is 3.97. The number of hydrogen-bond acceptors (Lipinski definition) is 5. The number of hydrogen-bond donors (Lipinski definition) is 0. The first-order chi connectivity index (χ1) is 11.9. The van der Waals surface area contributed by atoms with E-state index in [4.69, 9.17) is 0 Å². The van der Waals surface area contributed by atoms with Crippen LogP contribution in [0.4, 0.5) is 0 Å². The SMILES string of the molecule is CN(C)C(=O)CN1CC[C@H](c2c(C(=O)N(C)C)sc3ncccc23)C1. The van der Waals surface area contributed by atoms with E-state index in [1.807, 2.05) is 12.1 Å². The predicted octanol–water partition coefficient (Wildman–Crippen LogP) is 1.88. The van der Waals surface area contributed by atoms with Gasteiger partial charge in [-0.2, -0.15) is 0 Å². The molecule has 0 N–H and O–H groups in total. The van der Waals surface area contributed by atoms with Crippen LogP contribution < -0.4 is 0 Å². The van der Waals surface area contributed by atoms with Gasteiger partial charge in [-0.15, -0.1) is 11.3 Å². The molecule has 134 valence electrons. The molecule has 0 radical (unpaired) electrons. The Morgan fingerprint density at radius 1 is 1.28 bits per heavy atom. The molecule has 2 aromatic heterocycles. The van der Waals surface area contributed by atoms with E-state index in [9.17, 15) is 9.59 Å². The van der Waals surface area contributed by atoms with Crippen molar-refractivity contribution in [2.45, 2.75) is 12.3 Å². The molecule has 3 rings (SSSR count). The monoisotopic (exact) mass is 360 g/mol. The predicted molar refractivity (Wildman–Crippen MR) is 100 cm³/mol. The fraction of sp³-hybridized carbons (Fsp3) is 0.500. The molecule has 0 spiro atoms. The summed E-state index contributed by atoms with van der Waals surface area (Å²) in [5.74, 6) is 0.398. The Morgan fingerprint density at radius 2 is 2.04 bits per heavy atom. The number of amides is 2. The molecule has 0 saturated carbocycles. The van der Waals surface area contributed by atoms with Crippen LogP contribution in [0.15, 0.2) is 18.3 Å². The zero-order valence-electron chi connectivity index (χ0n) is 15.2. The highest BCUT2D eigenvalue weighted by Gasteiger charge is 2.32. The molecule has 1 aliphatic heterocycles. The van der Waals surface area contributed by atoms with Gasteiger partial charge in [0.1, 0.15) is 4.83 Å². The molecule has 2 aromatic rings. The van der Waals surface area contributed by atoms with Crippen LogP contribution in [0.2, 0.25) is 0 Å². The summed E-state index contributed by atoms with van der Waals surface area (Å²) in [4.78, 5) is 36.2. The number of aromatic nitrogens is 1. The van der Waals surface area contributed by atoms with Gasteiger partial charge in [0, 0.05) is 52.2 Å². The van der Waals surface area contributed by atoms with Gasteiger partial charge >= 0.3 is 0 Å². The van der Waals surface area contributed by atoms with Crippen molar-refractivity contribution in [2.24, 2.45) is 0 Å². The molecule has 1 fully saturated rings. The Bertz CT molecular complexity index is 799. The third kappa shape index (κ3) is 3.52. The van der Waals surface area contributed by atoms with Gasteiger partial charge in [0.25, 0.3) is 5.91 Å². The van der Waals surface area contributed by atoms with Crippen LogP contribution in [0.5, 0.6) is 0 Å². The van der Waals surface area contributed by atoms with Crippen LogP contribution in [0, 0.1) is 0 Å². The van der Waals surface area contributed by atoms with E-state index in [1.54, 1.807) is 44.2 Å². The largest absolute Gasteiger partial charge is 0.348 e. The van der Waals surface area contributed by atoms with Crippen molar-refractivity contribution in [1.29, 1.82) is 0 Å². The van der Waals surface area contributed by atoms with Crippen molar-refractivity contribution in [3.63, 3.8) is 0 Å². The molecule has 1 aliphatic rings. The second kappa shape index (κ2) is 7.09. The maximum atomic E-state index is 12.7. The number of rotatable bonds is 4. The fourth-order valence-corrected chi connectivity index (χ4v) is 4.51. The Morgan fingerprint density at radius 3 is 2.72 bits per heavy atom. The number of carbonyl (C=O) groups is 2. The molecule has 25 heavy (non-hydrogen) atoms. The molecule has 1 saturated heterocycles. The van der Waals surface area contributed by atoms with E-state index in [-0.39, 0.29) is 17.7 Å². The topological polar surface area (TPSA) is 56.8 Å². The molecule has 3 heterocycles. The lowest BCUT2D eigenvalue weighted by Crippen LogP contribution is -2.35. The first kappa shape index (κ1) is 17.8. The van der Waals surface area contributed by atoms with Crippen molar-refractivity contribution >= 4 is 33.4 Å². The minimum absolute atomic E-state index is 0.0285. The van der Waals surface area contributed by atoms with E-state index >= 15 is 0 Å². The summed E-state index contributed by atoms with van der Waals surface area (Å²) in [7, 11) is 7.12. The van der Waals surface area contributed by atoms with E-state index in [2.05, 4.69) is 9.88 Å². The van der Waals surface area contributed by atoms with Gasteiger partial charge in [0.05, 0.1) is 11.4 Å². The first-order valence-corrected chi connectivity index (χ1v) is 9.21. The molecule has 2 amide bonds. The lowest BCUT2D eigenvalue weighted by Gasteiger charge is -2.19. The number of carbonyl (C=O) groups excluding carboxylic acids is 2. The third-order valence-corrected chi connectivity index (χ3v) is 5.76. The highest BCUT2D eigenvalue weighted by Crippen LogP contribution is 2.39. The summed E-state index contributed by atoms with van der Waals surface area (Å²) in [5, 5.41) is 1.07. The minimum atomic E-state index is 0.0285. The normalized spacial score (nSPS) is 17.8. The summed E-state index contributed by atoms with van der Waals surface area (Å²) in [6.07, 6.45) is 2.72. The minimum Gasteiger partial charge on any atom is -0.348 e. The number of pyridine rings is 1. The van der Waals surface area contributed by atoms with Crippen LogP contribution in [0.3, 0.4) is 0 Å². The van der Waals surface area contributed by atoms with E-state index in [0.717, 1.165) is 40.2 Å². The average Bonchev–Trinajstić information content (AvgIpc) is 3.17. The lowest BCUT2D eigenvalue weighted by molar-refractivity contribution is -0.129. The quantitative estimate of drug-likeness (QED) is 0.835. The Balaban J connectivity index is 1.91. The van der Waals surface area contributed by atoms with Gasteiger partial charge in [0.15, 0.2) is 0 Å². The van der Waals surface area contributed by atoms with Crippen LogP contribution in [0.1, 0.15) is 27.6 Å². The number of nitrogens with zero attached hydrogens (tertiary/aromatic N) is 4. The molecule has 6 nitrogen and oxygen atoms in total. The Hall–Kier alpha value is -1.99. The molecule has 1 atom stereocenters. The summed E-state index contributed by atoms with van der Waals surface area (Å²) in [6.45, 7) is 2.10. The second-order valence-electron chi connectivity index (χ2n) is 6.91. The molecular weight excluding hydrogens is 336 g/mol. The number of likely N-dealkylation sites (N-methyl/N-ethyl adjacent to an activating group) is 1. The molecular formula is C18H24N4O2S. The summed E-state index contributed by atoms with van der Waals surface area (Å²) in [5.41, 5.74) is 1.10. The van der Waals surface area contributed by atoms with Gasteiger partial charge in [-0.3, -0.25) is 14.5 Å². The molecule has 0 unspecified atom stereocenters. The highest BCUT2D eigenvalue weighted by atomic mass is 32.1. The molecule has 0 aromatic carbocycles. The van der Waals surface area contributed by atoms with Crippen LogP contribution in [-0.2, 0) is 4.79 Å². The number of likely N-dealkylation sites (tertiary alicyclic amines) is 1. The zero-order chi connectivity index (χ0) is 18.1. The third-order valence-electron chi connectivity index (χ3n) is 4.64. The van der Waals surface area contributed by atoms with Crippen molar-refractivity contribution in [3.8, 4) is 0 Å². The Kier molecular flexibility index (Phi) is 5.06.